The van der Waals surface area contributed by atoms with Crippen LogP contribution in [-0.2, 0) is 4.74 Å². The molecule has 0 spiro atoms. The van der Waals surface area contributed by atoms with Crippen molar-refractivity contribution >= 4 is 0 Å². The zero-order chi connectivity index (χ0) is 12.1. The van der Waals surface area contributed by atoms with Crippen LogP contribution >= 0.6 is 0 Å². The number of likely N-dealkylation sites (tertiary alicyclic amines) is 1. The molecule has 0 aromatic rings. The van der Waals surface area contributed by atoms with Crippen molar-refractivity contribution in [2.24, 2.45) is 5.41 Å². The minimum atomic E-state index is -0.880. The zero-order valence-electron chi connectivity index (χ0n) is 10.4. The van der Waals surface area contributed by atoms with Gasteiger partial charge in [-0.05, 0) is 45.7 Å². The maximum atomic E-state index is 11.0. The van der Waals surface area contributed by atoms with Gasteiger partial charge in [-0.3, -0.25) is 0 Å². The number of aliphatic hydroxyl groups is 1. The Morgan fingerprint density at radius 2 is 2.29 bits per heavy atom. The Hall–Kier alpha value is -0.630. The maximum Gasteiger partial charge on any atom is 0.116 e. The third-order valence-corrected chi connectivity index (χ3v) is 4.90. The predicted octanol–water partition coefficient (Wildman–Crippen LogP) is 0.904. The molecular formula is C13H20N2O2. The van der Waals surface area contributed by atoms with Gasteiger partial charge < -0.3 is 14.7 Å². The van der Waals surface area contributed by atoms with Crippen LogP contribution in [0.1, 0.15) is 32.1 Å². The van der Waals surface area contributed by atoms with Gasteiger partial charge in [0.05, 0.1) is 23.9 Å². The number of hydrogen-bond acceptors (Lipinski definition) is 4. The highest BCUT2D eigenvalue weighted by Crippen LogP contribution is 2.55. The van der Waals surface area contributed by atoms with Crippen LogP contribution in [0.25, 0.3) is 0 Å². The molecule has 1 N–H and O–H groups in total. The van der Waals surface area contributed by atoms with Gasteiger partial charge in [0.25, 0.3) is 0 Å². The maximum absolute atomic E-state index is 11.0. The molecule has 2 bridgehead atoms. The van der Waals surface area contributed by atoms with Crippen LogP contribution in [0.2, 0.25) is 0 Å². The second-order valence-electron chi connectivity index (χ2n) is 5.98. The third kappa shape index (κ3) is 1.46. The van der Waals surface area contributed by atoms with Crippen molar-refractivity contribution in [3.8, 4) is 6.07 Å². The fourth-order valence-corrected chi connectivity index (χ4v) is 4.03. The van der Waals surface area contributed by atoms with Crippen LogP contribution in [0, 0.1) is 16.7 Å². The monoisotopic (exact) mass is 236 g/mol. The van der Waals surface area contributed by atoms with Crippen LogP contribution in [-0.4, -0.2) is 48.0 Å². The number of β-amino-alcohol motifs (C(OH)–C–C–N with tert-alkyl or cyclic N) is 1. The Morgan fingerprint density at radius 1 is 1.47 bits per heavy atom. The van der Waals surface area contributed by atoms with E-state index >= 15 is 0 Å². The molecule has 3 heterocycles. The van der Waals surface area contributed by atoms with Gasteiger partial charge in [-0.1, -0.05) is 0 Å². The first-order valence-electron chi connectivity index (χ1n) is 6.57. The molecule has 4 atom stereocenters. The highest BCUT2D eigenvalue weighted by Gasteiger charge is 2.64. The second kappa shape index (κ2) is 3.68. The number of nitrogens with zero attached hydrogens (tertiary/aromatic N) is 2. The van der Waals surface area contributed by atoms with Crippen molar-refractivity contribution in [3.05, 3.63) is 0 Å². The van der Waals surface area contributed by atoms with E-state index in [2.05, 4.69) is 11.0 Å². The number of ether oxygens (including phenoxy) is 1. The summed E-state index contributed by atoms with van der Waals surface area (Å²) in [6, 6.07) is 2.44. The molecule has 0 amide bonds. The number of fused-ring (bicyclic) bond motifs is 2. The topological polar surface area (TPSA) is 56.5 Å². The summed E-state index contributed by atoms with van der Waals surface area (Å²) in [5, 5.41) is 20.6. The van der Waals surface area contributed by atoms with Gasteiger partial charge in [-0.2, -0.15) is 5.26 Å². The Morgan fingerprint density at radius 3 is 2.82 bits per heavy atom. The molecule has 3 saturated heterocycles. The van der Waals surface area contributed by atoms with Crippen molar-refractivity contribution in [2.75, 3.05) is 20.1 Å². The van der Waals surface area contributed by atoms with E-state index in [1.807, 2.05) is 7.05 Å². The molecule has 4 heteroatoms. The molecule has 3 aliphatic heterocycles. The minimum Gasteiger partial charge on any atom is -0.387 e. The van der Waals surface area contributed by atoms with E-state index in [1.165, 1.54) is 0 Å². The van der Waals surface area contributed by atoms with Crippen molar-refractivity contribution in [1.29, 1.82) is 5.26 Å². The molecule has 0 saturated carbocycles. The number of hydrogen-bond donors (Lipinski definition) is 1. The SMILES string of the molecule is CN1CCCC(O)(C2(C#N)CC3CCC2O3)C1. The second-order valence-corrected chi connectivity index (χ2v) is 5.98. The van der Waals surface area contributed by atoms with Crippen molar-refractivity contribution in [1.82, 2.24) is 4.90 Å². The Bertz CT molecular complexity index is 367. The molecule has 3 fully saturated rings. The van der Waals surface area contributed by atoms with Gasteiger partial charge >= 0.3 is 0 Å². The molecule has 3 aliphatic rings. The van der Waals surface area contributed by atoms with E-state index in [9.17, 15) is 10.4 Å². The molecule has 17 heavy (non-hydrogen) atoms. The molecule has 4 unspecified atom stereocenters. The summed E-state index contributed by atoms with van der Waals surface area (Å²) in [6.07, 6.45) is 4.57. The number of nitriles is 1. The lowest BCUT2D eigenvalue weighted by molar-refractivity contribution is -0.120. The first-order valence-corrected chi connectivity index (χ1v) is 6.57. The largest absolute Gasteiger partial charge is 0.387 e. The van der Waals surface area contributed by atoms with Crippen molar-refractivity contribution in [2.45, 2.75) is 49.9 Å². The van der Waals surface area contributed by atoms with Gasteiger partial charge in [0.15, 0.2) is 0 Å². The van der Waals surface area contributed by atoms with Gasteiger partial charge in [0.2, 0.25) is 0 Å². The van der Waals surface area contributed by atoms with Crippen molar-refractivity contribution in [3.63, 3.8) is 0 Å². The summed E-state index contributed by atoms with van der Waals surface area (Å²) in [5.41, 5.74) is -1.54. The summed E-state index contributed by atoms with van der Waals surface area (Å²) in [6.45, 7) is 1.62. The lowest BCUT2D eigenvalue weighted by Crippen LogP contribution is -2.60. The highest BCUT2D eigenvalue weighted by molar-refractivity contribution is 5.22. The third-order valence-electron chi connectivity index (χ3n) is 4.90. The minimum absolute atomic E-state index is 0.0472. The highest BCUT2D eigenvalue weighted by atomic mass is 16.5. The average Bonchev–Trinajstić information content (AvgIpc) is 2.88. The van der Waals surface area contributed by atoms with Crippen LogP contribution in [0.4, 0.5) is 0 Å². The zero-order valence-corrected chi connectivity index (χ0v) is 10.4. The normalized spacial score (nSPS) is 50.4. The molecule has 0 radical (unpaired) electrons. The first-order chi connectivity index (χ1) is 8.10. The predicted molar refractivity (Wildman–Crippen MR) is 62.2 cm³/mol. The van der Waals surface area contributed by atoms with Crippen LogP contribution in [0.3, 0.4) is 0 Å². The Balaban J connectivity index is 1.93. The fourth-order valence-electron chi connectivity index (χ4n) is 4.03. The molecular weight excluding hydrogens is 216 g/mol. The standard InChI is InChI=1S/C13H20N2O2/c1-15-6-2-5-13(16,9-15)12(8-14)7-10-3-4-11(12)17-10/h10-11,16H,2-7,9H2,1H3. The smallest absolute Gasteiger partial charge is 0.116 e. The fraction of sp³-hybridized carbons (Fsp3) is 0.923. The van der Waals surface area contributed by atoms with E-state index in [4.69, 9.17) is 4.74 Å². The summed E-state index contributed by atoms with van der Waals surface area (Å²) in [7, 11) is 2.02. The summed E-state index contributed by atoms with van der Waals surface area (Å²) in [4.78, 5) is 2.13. The van der Waals surface area contributed by atoms with E-state index < -0.39 is 11.0 Å². The molecule has 0 aromatic carbocycles. The lowest BCUT2D eigenvalue weighted by Gasteiger charge is -2.48. The van der Waals surface area contributed by atoms with Crippen LogP contribution < -0.4 is 0 Å². The van der Waals surface area contributed by atoms with E-state index in [-0.39, 0.29) is 12.2 Å². The van der Waals surface area contributed by atoms with Gasteiger partial charge in [-0.25, -0.2) is 0 Å². The Kier molecular flexibility index (Phi) is 2.48. The van der Waals surface area contributed by atoms with E-state index in [0.717, 1.165) is 38.6 Å². The molecule has 3 rings (SSSR count). The average molecular weight is 236 g/mol. The first kappa shape index (κ1) is 11.5. The van der Waals surface area contributed by atoms with E-state index in [0.29, 0.717) is 6.54 Å². The van der Waals surface area contributed by atoms with Gasteiger partial charge in [0.1, 0.15) is 5.41 Å². The van der Waals surface area contributed by atoms with Crippen LogP contribution in [0.5, 0.6) is 0 Å². The van der Waals surface area contributed by atoms with Crippen LogP contribution in [0.15, 0.2) is 0 Å². The summed E-state index contributed by atoms with van der Waals surface area (Å²) >= 11 is 0. The van der Waals surface area contributed by atoms with Crippen molar-refractivity contribution < 1.29 is 9.84 Å². The number of rotatable bonds is 1. The summed E-state index contributed by atoms with van der Waals surface area (Å²) < 4.78 is 5.83. The molecule has 94 valence electrons. The number of likely N-dealkylation sites (N-methyl/N-ethyl adjacent to an activating group) is 1. The van der Waals surface area contributed by atoms with E-state index in [1.54, 1.807) is 0 Å². The molecule has 4 nitrogen and oxygen atoms in total. The molecule has 0 aliphatic carbocycles. The lowest BCUT2D eigenvalue weighted by atomic mass is 9.61. The quantitative estimate of drug-likeness (QED) is 0.735. The molecule has 0 aromatic heterocycles. The van der Waals surface area contributed by atoms with Gasteiger partial charge in [0, 0.05) is 6.54 Å². The number of piperidine rings is 1. The van der Waals surface area contributed by atoms with Gasteiger partial charge in [-0.15, -0.1) is 0 Å². The Labute approximate surface area is 102 Å². The summed E-state index contributed by atoms with van der Waals surface area (Å²) in [5.74, 6) is 0.